The Morgan fingerprint density at radius 2 is 1.72 bits per heavy atom. The second-order valence-electron chi connectivity index (χ2n) is 7.66. The van der Waals surface area contributed by atoms with Crippen molar-refractivity contribution < 1.29 is 14.6 Å². The van der Waals surface area contributed by atoms with Gasteiger partial charge in [-0.05, 0) is 60.0 Å². The van der Waals surface area contributed by atoms with Gasteiger partial charge in [0.05, 0.1) is 7.11 Å². The van der Waals surface area contributed by atoms with Gasteiger partial charge in [-0.1, -0.05) is 42.4 Å². The van der Waals surface area contributed by atoms with Gasteiger partial charge in [-0.25, -0.2) is 0 Å². The lowest BCUT2D eigenvalue weighted by atomic mass is 9.91. The van der Waals surface area contributed by atoms with Crippen LogP contribution in [0.1, 0.15) is 23.6 Å². The third kappa shape index (κ3) is 5.45. The van der Waals surface area contributed by atoms with E-state index in [9.17, 15) is 5.11 Å². The molecule has 32 heavy (non-hydrogen) atoms. The van der Waals surface area contributed by atoms with Crippen molar-refractivity contribution in [3.63, 3.8) is 0 Å². The Hall–Kier alpha value is -3.37. The highest BCUT2D eigenvalue weighted by atomic mass is 35.5. The minimum absolute atomic E-state index is 0.107. The summed E-state index contributed by atoms with van der Waals surface area (Å²) in [6.07, 6.45) is 0. The molecule has 0 aliphatic heterocycles. The number of hydrogen-bond donors (Lipinski definition) is 1. The number of phenols is 1. The molecule has 0 amide bonds. The maximum atomic E-state index is 10.8. The number of nitrogens with zero attached hydrogens (tertiary/aromatic N) is 1. The van der Waals surface area contributed by atoms with Gasteiger partial charge in [0.25, 0.3) is 0 Å². The molecule has 5 heteroatoms. The van der Waals surface area contributed by atoms with E-state index < -0.39 is 0 Å². The molecule has 0 heterocycles. The zero-order chi connectivity index (χ0) is 23.3. The van der Waals surface area contributed by atoms with E-state index in [1.54, 1.807) is 13.2 Å². The van der Waals surface area contributed by atoms with E-state index in [4.69, 9.17) is 21.1 Å². The fourth-order valence-electron chi connectivity index (χ4n) is 3.34. The van der Waals surface area contributed by atoms with Crippen molar-refractivity contribution in [2.45, 2.75) is 13.5 Å². The number of methoxy groups -OCH3 is 1. The molecule has 0 aromatic heterocycles. The molecule has 0 atom stereocenters. The van der Waals surface area contributed by atoms with Crippen molar-refractivity contribution in [2.24, 2.45) is 0 Å². The number of hydrogen-bond acceptors (Lipinski definition) is 4. The van der Waals surface area contributed by atoms with Crippen LogP contribution in [0.4, 0.5) is 0 Å². The van der Waals surface area contributed by atoms with Gasteiger partial charge in [0, 0.05) is 42.0 Å². The number of aromatic hydroxyl groups is 1. The predicted molar refractivity (Wildman–Crippen MR) is 132 cm³/mol. The molecule has 0 saturated heterocycles. The summed E-state index contributed by atoms with van der Waals surface area (Å²) in [5.74, 6) is 1.44. The Bertz CT molecular complexity index is 1130. The first-order valence-corrected chi connectivity index (χ1v) is 10.6. The molecule has 0 bridgehead atoms. The molecule has 3 aromatic carbocycles. The SMILES string of the molecule is C=C(/C(=C(/C)N(C)C)c1cccc(OC)c1)c1ccc(OCc2ccc(Cl)cc2)cc1O. The number of allylic oxidation sites excluding steroid dienone is 3. The van der Waals surface area contributed by atoms with E-state index in [-0.39, 0.29) is 5.75 Å². The Kier molecular flexibility index (Phi) is 7.49. The van der Waals surface area contributed by atoms with E-state index >= 15 is 0 Å². The molecule has 3 rings (SSSR count). The first-order valence-electron chi connectivity index (χ1n) is 10.2. The van der Waals surface area contributed by atoms with E-state index in [0.717, 1.165) is 28.1 Å². The summed E-state index contributed by atoms with van der Waals surface area (Å²) in [5.41, 5.74) is 5.26. The van der Waals surface area contributed by atoms with Crippen LogP contribution in [0.15, 0.2) is 79.0 Å². The van der Waals surface area contributed by atoms with Crippen LogP contribution in [0.5, 0.6) is 17.2 Å². The second-order valence-corrected chi connectivity index (χ2v) is 8.10. The van der Waals surface area contributed by atoms with Crippen molar-refractivity contribution in [1.29, 1.82) is 0 Å². The summed E-state index contributed by atoms with van der Waals surface area (Å²) in [6, 6.07) is 20.6. The normalized spacial score (nSPS) is 11.5. The maximum absolute atomic E-state index is 10.8. The van der Waals surface area contributed by atoms with Gasteiger partial charge in [0.1, 0.15) is 23.9 Å². The molecule has 166 valence electrons. The summed E-state index contributed by atoms with van der Waals surface area (Å²) >= 11 is 5.93. The molecule has 0 unspecified atom stereocenters. The van der Waals surface area contributed by atoms with Crippen molar-refractivity contribution >= 4 is 22.7 Å². The Morgan fingerprint density at radius 3 is 2.34 bits per heavy atom. The summed E-state index contributed by atoms with van der Waals surface area (Å²) in [5, 5.41) is 11.5. The van der Waals surface area contributed by atoms with E-state index in [0.29, 0.717) is 28.5 Å². The quantitative estimate of drug-likeness (QED) is 0.391. The molecular formula is C27H28ClNO3. The molecule has 4 nitrogen and oxygen atoms in total. The zero-order valence-corrected chi connectivity index (χ0v) is 19.6. The third-order valence-corrected chi connectivity index (χ3v) is 5.56. The summed E-state index contributed by atoms with van der Waals surface area (Å²) in [6.45, 7) is 6.72. The lowest BCUT2D eigenvalue weighted by Crippen LogP contribution is -2.11. The van der Waals surface area contributed by atoms with Gasteiger partial charge in [0.2, 0.25) is 0 Å². The van der Waals surface area contributed by atoms with Crippen LogP contribution in [0.2, 0.25) is 5.02 Å². The first-order chi connectivity index (χ1) is 15.3. The standard InChI is InChI=1S/C27H28ClNO3/c1-18(27(19(2)29(3)4)21-7-6-8-23(15-21)31-5)25-14-13-24(16-26(25)30)32-17-20-9-11-22(28)12-10-20/h6-16,30H,1,17H2,2-5H3/b27-19+. The van der Waals surface area contributed by atoms with Crippen LogP contribution in [-0.2, 0) is 6.61 Å². The van der Waals surface area contributed by atoms with Gasteiger partial charge in [0.15, 0.2) is 0 Å². The smallest absolute Gasteiger partial charge is 0.127 e. The van der Waals surface area contributed by atoms with Gasteiger partial charge in [-0.3, -0.25) is 0 Å². The monoisotopic (exact) mass is 449 g/mol. The van der Waals surface area contributed by atoms with Crippen LogP contribution in [0.3, 0.4) is 0 Å². The summed E-state index contributed by atoms with van der Waals surface area (Å²) in [7, 11) is 5.61. The fourth-order valence-corrected chi connectivity index (χ4v) is 3.47. The van der Waals surface area contributed by atoms with Crippen LogP contribution in [0, 0.1) is 0 Å². The van der Waals surface area contributed by atoms with Crippen LogP contribution >= 0.6 is 11.6 Å². The van der Waals surface area contributed by atoms with E-state index in [1.165, 1.54) is 0 Å². The lowest BCUT2D eigenvalue weighted by Gasteiger charge is -2.22. The molecule has 0 spiro atoms. The molecule has 0 saturated carbocycles. The fraction of sp³-hybridized carbons (Fsp3) is 0.185. The Morgan fingerprint density at radius 1 is 1.00 bits per heavy atom. The van der Waals surface area contributed by atoms with Crippen LogP contribution in [-0.4, -0.2) is 31.2 Å². The number of halogens is 1. The molecule has 1 N–H and O–H groups in total. The minimum Gasteiger partial charge on any atom is -0.507 e. The topological polar surface area (TPSA) is 41.9 Å². The van der Waals surface area contributed by atoms with E-state index in [1.807, 2.05) is 86.6 Å². The molecule has 0 aliphatic carbocycles. The molecule has 3 aromatic rings. The van der Waals surface area contributed by atoms with Crippen molar-refractivity contribution in [2.75, 3.05) is 21.2 Å². The predicted octanol–water partition coefficient (Wildman–Crippen LogP) is 6.64. The highest BCUT2D eigenvalue weighted by Gasteiger charge is 2.17. The van der Waals surface area contributed by atoms with Crippen molar-refractivity contribution in [3.8, 4) is 17.2 Å². The Balaban J connectivity index is 1.89. The van der Waals surface area contributed by atoms with Gasteiger partial charge in [-0.15, -0.1) is 0 Å². The largest absolute Gasteiger partial charge is 0.507 e. The lowest BCUT2D eigenvalue weighted by molar-refractivity contribution is 0.304. The van der Waals surface area contributed by atoms with Gasteiger partial charge in [-0.2, -0.15) is 0 Å². The molecule has 0 aliphatic rings. The summed E-state index contributed by atoms with van der Waals surface area (Å²) in [4.78, 5) is 2.03. The first kappa shape index (κ1) is 23.3. The molecule has 0 radical (unpaired) electrons. The Labute approximate surface area is 195 Å². The van der Waals surface area contributed by atoms with Crippen molar-refractivity contribution in [3.05, 3.63) is 101 Å². The van der Waals surface area contributed by atoms with Gasteiger partial charge >= 0.3 is 0 Å². The number of phenolic OH excluding ortho intramolecular Hbond substituents is 1. The molecular weight excluding hydrogens is 422 g/mol. The highest BCUT2D eigenvalue weighted by molar-refractivity contribution is 6.30. The third-order valence-electron chi connectivity index (χ3n) is 5.31. The number of benzene rings is 3. The average molecular weight is 450 g/mol. The zero-order valence-electron chi connectivity index (χ0n) is 18.9. The average Bonchev–Trinajstić information content (AvgIpc) is 2.78. The summed E-state index contributed by atoms with van der Waals surface area (Å²) < 4.78 is 11.2. The highest BCUT2D eigenvalue weighted by Crippen LogP contribution is 2.39. The van der Waals surface area contributed by atoms with Crippen LogP contribution in [0.25, 0.3) is 11.1 Å². The minimum atomic E-state index is 0.107. The van der Waals surface area contributed by atoms with Crippen molar-refractivity contribution in [1.82, 2.24) is 4.90 Å². The molecule has 0 fully saturated rings. The van der Waals surface area contributed by atoms with Gasteiger partial charge < -0.3 is 19.5 Å². The van der Waals surface area contributed by atoms with E-state index in [2.05, 4.69) is 6.58 Å². The number of rotatable bonds is 8. The number of ether oxygens (including phenoxy) is 2. The second kappa shape index (κ2) is 10.3. The maximum Gasteiger partial charge on any atom is 0.127 e. The van der Waals surface area contributed by atoms with Crippen LogP contribution < -0.4 is 9.47 Å².